The van der Waals surface area contributed by atoms with E-state index in [4.69, 9.17) is 9.47 Å². The zero-order chi connectivity index (χ0) is 29.3. The summed E-state index contributed by atoms with van der Waals surface area (Å²) in [5.41, 5.74) is 4.52. The maximum atomic E-state index is 12.6. The first kappa shape index (κ1) is 28.9. The van der Waals surface area contributed by atoms with Gasteiger partial charge in [0.25, 0.3) is 0 Å². The second-order valence-electron chi connectivity index (χ2n) is 10.6. The minimum atomic E-state index is 0.0243. The van der Waals surface area contributed by atoms with Crippen LogP contribution in [0.4, 0.5) is 0 Å². The molecule has 1 saturated carbocycles. The molecule has 0 unspecified atom stereocenters. The summed E-state index contributed by atoms with van der Waals surface area (Å²) in [6.07, 6.45) is 8.15. The van der Waals surface area contributed by atoms with Crippen LogP contribution in [0.2, 0.25) is 0 Å². The second-order valence-corrected chi connectivity index (χ2v) is 10.6. The number of aromatic nitrogens is 6. The van der Waals surface area contributed by atoms with E-state index in [9.17, 15) is 9.59 Å². The molecule has 1 fully saturated rings. The Balaban J connectivity index is 1.13. The largest absolute Gasteiger partial charge is 0.497 e. The molecule has 4 heterocycles. The number of Topliss-reactive ketones (excluding diaryl/α,β-unsaturated/α-hetero) is 2. The molecule has 1 aliphatic rings. The summed E-state index contributed by atoms with van der Waals surface area (Å²) >= 11 is 0. The van der Waals surface area contributed by atoms with Gasteiger partial charge in [0.1, 0.15) is 23.1 Å². The molecular weight excluding hydrogens is 532 g/mol. The molecule has 10 heteroatoms. The lowest BCUT2D eigenvalue weighted by molar-refractivity contribution is -0.118. The van der Waals surface area contributed by atoms with Crippen molar-refractivity contribution in [2.45, 2.75) is 63.2 Å². The predicted molar refractivity (Wildman–Crippen MR) is 154 cm³/mol. The summed E-state index contributed by atoms with van der Waals surface area (Å²) < 4.78 is 10.4. The van der Waals surface area contributed by atoms with Crippen molar-refractivity contribution in [3.63, 3.8) is 0 Å². The predicted octanol–water partition coefficient (Wildman–Crippen LogP) is 4.22. The van der Waals surface area contributed by atoms with Crippen LogP contribution in [-0.2, 0) is 35.3 Å². The van der Waals surface area contributed by atoms with Crippen molar-refractivity contribution < 1.29 is 19.1 Å². The Hall–Kier alpha value is -4.60. The van der Waals surface area contributed by atoms with Crippen molar-refractivity contribution in [3.8, 4) is 11.5 Å². The Morgan fingerprint density at radius 1 is 0.643 bits per heavy atom. The topological polar surface area (TPSA) is 130 Å². The number of carbonyl (C=O) groups excluding carboxylic acids is 2. The zero-order valence-corrected chi connectivity index (χ0v) is 23.9. The van der Waals surface area contributed by atoms with E-state index in [1.54, 1.807) is 50.9 Å². The molecule has 0 saturated heterocycles. The van der Waals surface area contributed by atoms with Gasteiger partial charge in [0.2, 0.25) is 0 Å². The number of hydrogen-bond acceptors (Lipinski definition) is 10. The Bertz CT molecular complexity index is 1400. The number of ether oxygens (including phenoxy) is 2. The quantitative estimate of drug-likeness (QED) is 0.246. The number of rotatable bonds is 12. The third-order valence-electron chi connectivity index (χ3n) is 7.55. The first-order chi connectivity index (χ1) is 20.5. The van der Waals surface area contributed by atoms with Crippen LogP contribution in [0.3, 0.4) is 0 Å². The lowest BCUT2D eigenvalue weighted by Gasteiger charge is -2.28. The van der Waals surface area contributed by atoms with Gasteiger partial charge < -0.3 is 9.47 Å². The van der Waals surface area contributed by atoms with Crippen molar-refractivity contribution in [2.24, 2.45) is 0 Å². The van der Waals surface area contributed by atoms with Crippen molar-refractivity contribution in [1.29, 1.82) is 0 Å². The van der Waals surface area contributed by atoms with Gasteiger partial charge in [0.05, 0.1) is 61.2 Å². The fourth-order valence-electron chi connectivity index (χ4n) is 5.38. The molecule has 0 radical (unpaired) electrons. The van der Waals surface area contributed by atoms with Gasteiger partial charge in [-0.15, -0.1) is 0 Å². The Morgan fingerprint density at radius 2 is 1.10 bits per heavy atom. The summed E-state index contributed by atoms with van der Waals surface area (Å²) in [6.45, 7) is 0. The molecular formula is C32H34N6O4. The van der Waals surface area contributed by atoms with Crippen molar-refractivity contribution >= 4 is 11.6 Å². The van der Waals surface area contributed by atoms with Gasteiger partial charge in [-0.3, -0.25) is 19.6 Å². The molecule has 0 bridgehead atoms. The summed E-state index contributed by atoms with van der Waals surface area (Å²) in [5, 5.41) is 17.7. The van der Waals surface area contributed by atoms with E-state index >= 15 is 0 Å². The van der Waals surface area contributed by atoms with E-state index in [2.05, 4.69) is 30.4 Å². The van der Waals surface area contributed by atoms with Crippen molar-refractivity contribution in [1.82, 2.24) is 30.4 Å². The Morgan fingerprint density at radius 3 is 1.50 bits per heavy atom. The van der Waals surface area contributed by atoms with Crippen LogP contribution in [0.15, 0.2) is 60.9 Å². The Kier molecular flexibility index (Phi) is 9.53. The van der Waals surface area contributed by atoms with E-state index in [1.807, 2.05) is 24.3 Å². The molecule has 10 nitrogen and oxygen atoms in total. The van der Waals surface area contributed by atoms with Gasteiger partial charge in [-0.2, -0.15) is 20.4 Å². The number of ketones is 2. The van der Waals surface area contributed by atoms with Crippen LogP contribution >= 0.6 is 0 Å². The minimum Gasteiger partial charge on any atom is -0.497 e. The van der Waals surface area contributed by atoms with Crippen LogP contribution < -0.4 is 9.47 Å². The average molecular weight is 567 g/mol. The molecule has 2 atom stereocenters. The van der Waals surface area contributed by atoms with Gasteiger partial charge in [-0.25, -0.2) is 0 Å². The molecule has 1 aliphatic carbocycles. The van der Waals surface area contributed by atoms with E-state index < -0.39 is 0 Å². The second kappa shape index (κ2) is 13.8. The highest BCUT2D eigenvalue weighted by molar-refractivity contribution is 5.82. The first-order valence-electron chi connectivity index (χ1n) is 14.1. The summed E-state index contributed by atoms with van der Waals surface area (Å²) in [6, 6.07) is 14.8. The normalized spacial score (nSPS) is 16.5. The fraction of sp³-hybridized carbons (Fsp3) is 0.375. The van der Waals surface area contributed by atoms with Gasteiger partial charge in [0, 0.05) is 49.2 Å². The van der Waals surface area contributed by atoms with Gasteiger partial charge in [0.15, 0.2) is 0 Å². The molecule has 0 spiro atoms. The van der Waals surface area contributed by atoms with Gasteiger partial charge >= 0.3 is 0 Å². The molecule has 4 aromatic heterocycles. The van der Waals surface area contributed by atoms with Gasteiger partial charge in [-0.1, -0.05) is 6.42 Å². The molecule has 5 rings (SSSR count). The minimum absolute atomic E-state index is 0.0243. The molecule has 42 heavy (non-hydrogen) atoms. The van der Waals surface area contributed by atoms with Crippen LogP contribution in [-0.4, -0.2) is 56.1 Å². The van der Waals surface area contributed by atoms with Crippen LogP contribution in [0.25, 0.3) is 0 Å². The highest BCUT2D eigenvalue weighted by Gasteiger charge is 2.27. The summed E-state index contributed by atoms with van der Waals surface area (Å²) in [7, 11) is 3.18. The maximum absolute atomic E-state index is 12.6. The summed E-state index contributed by atoms with van der Waals surface area (Å²) in [5.74, 6) is 1.93. The zero-order valence-electron chi connectivity index (χ0n) is 23.9. The molecule has 4 aromatic rings. The van der Waals surface area contributed by atoms with Crippen LogP contribution in [0.1, 0.15) is 71.7 Å². The molecule has 0 aromatic carbocycles. The molecule has 0 aliphatic heterocycles. The van der Waals surface area contributed by atoms with Crippen LogP contribution in [0, 0.1) is 0 Å². The van der Waals surface area contributed by atoms with Crippen molar-refractivity contribution in [3.05, 3.63) is 95.1 Å². The number of nitrogens with zero attached hydrogens (tertiary/aromatic N) is 6. The van der Waals surface area contributed by atoms with E-state index in [0.717, 1.165) is 37.1 Å². The number of carbonyl (C=O) groups is 2. The number of methoxy groups -OCH3 is 2. The summed E-state index contributed by atoms with van der Waals surface area (Å²) in [4.78, 5) is 33.6. The maximum Gasteiger partial charge on any atom is 0.144 e. The standard InChI is InChI=1S/C32H34N6O4/c1-41-29-10-12-33-25(19-29)17-27(39)15-23-6-8-31(37-35-23)21-4-3-5-22(14-21)32-9-7-24(36-38-32)16-28(40)18-26-20-30(42-2)11-13-34-26/h6-13,19-22H,3-5,14-18H2,1-2H3/t21-,22-/m0/s1. The Labute approximate surface area is 245 Å². The number of hydrogen-bond donors (Lipinski definition) is 0. The SMILES string of the molecule is COc1ccnc(CC(=O)Cc2ccc([C@H]3CCC[C@H](c4ccc(CC(=O)Cc5cc(OC)ccn5)nn4)C3)nn2)c1. The van der Waals surface area contributed by atoms with Crippen LogP contribution in [0.5, 0.6) is 11.5 Å². The van der Waals surface area contributed by atoms with Gasteiger partial charge in [-0.05, 0) is 55.7 Å². The van der Waals surface area contributed by atoms with E-state index in [1.165, 1.54) is 0 Å². The molecule has 216 valence electrons. The van der Waals surface area contributed by atoms with E-state index in [0.29, 0.717) is 34.3 Å². The fourth-order valence-corrected chi connectivity index (χ4v) is 5.38. The molecule has 0 N–H and O–H groups in total. The lowest BCUT2D eigenvalue weighted by atomic mass is 9.78. The highest BCUT2D eigenvalue weighted by atomic mass is 16.5. The van der Waals surface area contributed by atoms with E-state index in [-0.39, 0.29) is 49.1 Å². The molecule has 0 amide bonds. The third kappa shape index (κ3) is 7.78. The average Bonchev–Trinajstić information content (AvgIpc) is 3.02. The lowest BCUT2D eigenvalue weighted by Crippen LogP contribution is -2.17. The van der Waals surface area contributed by atoms with Crippen molar-refractivity contribution in [2.75, 3.05) is 14.2 Å². The first-order valence-corrected chi connectivity index (χ1v) is 14.1. The smallest absolute Gasteiger partial charge is 0.144 e. The highest BCUT2D eigenvalue weighted by Crippen LogP contribution is 2.39. The third-order valence-corrected chi connectivity index (χ3v) is 7.55. The number of pyridine rings is 2. The monoisotopic (exact) mass is 566 g/mol.